The Hall–Kier alpha value is -2.52. The molecule has 0 bridgehead atoms. The summed E-state index contributed by atoms with van der Waals surface area (Å²) in [6, 6.07) is 13.5. The number of hydrogen-bond acceptors (Lipinski definition) is 4. The molecule has 0 aromatic heterocycles. The number of nitrogens with one attached hydrogen (secondary N) is 1. The van der Waals surface area contributed by atoms with Gasteiger partial charge in [0.1, 0.15) is 0 Å². The Morgan fingerprint density at radius 3 is 2.08 bits per heavy atom. The van der Waals surface area contributed by atoms with Crippen LogP contribution in [0.15, 0.2) is 59.5 Å². The molecule has 0 radical (unpaired) electrons. The number of halogens is 3. The zero-order valence-electron chi connectivity index (χ0n) is 12.6. The quantitative estimate of drug-likeness (QED) is 0.870. The first kappa shape index (κ1) is 17.3. The number of nitrogens with two attached hydrogens (primary N) is 1. The average molecular weight is 370 g/mol. The molecule has 3 N–H and O–H groups in total. The van der Waals surface area contributed by atoms with Gasteiger partial charge in [-0.3, -0.25) is 0 Å². The molecule has 2 aromatic carbocycles. The SMILES string of the molecule is NS(=O)(=O)c1ccc(C2=C(c3ccccc3)NC(C(F)(F)F)O2)cc1. The molecule has 0 spiro atoms. The summed E-state index contributed by atoms with van der Waals surface area (Å²) >= 11 is 0. The molecule has 1 aliphatic rings. The van der Waals surface area contributed by atoms with Crippen molar-refractivity contribution in [3.63, 3.8) is 0 Å². The van der Waals surface area contributed by atoms with Gasteiger partial charge in [-0.2, -0.15) is 13.2 Å². The summed E-state index contributed by atoms with van der Waals surface area (Å²) in [6.07, 6.45) is -6.79. The standard InChI is InChI=1S/C16H13F3N2O3S/c17-16(18,19)15-21-13(10-4-2-1-3-5-10)14(24-15)11-6-8-12(9-7-11)25(20,22)23/h1-9,15,21H,(H2,20,22,23). The van der Waals surface area contributed by atoms with Crippen molar-refractivity contribution in [1.82, 2.24) is 5.32 Å². The van der Waals surface area contributed by atoms with E-state index in [1.165, 1.54) is 24.3 Å². The van der Waals surface area contributed by atoms with Gasteiger partial charge in [0.05, 0.1) is 10.6 Å². The Labute approximate surface area is 142 Å². The maximum atomic E-state index is 13.0. The van der Waals surface area contributed by atoms with Crippen LogP contribution in [0, 0.1) is 0 Å². The first-order chi connectivity index (χ1) is 11.7. The van der Waals surface area contributed by atoms with Crippen LogP contribution in [0.3, 0.4) is 0 Å². The summed E-state index contributed by atoms with van der Waals surface area (Å²) < 4.78 is 66.8. The van der Waals surface area contributed by atoms with Crippen LogP contribution < -0.4 is 10.5 Å². The molecule has 2 aromatic rings. The minimum absolute atomic E-state index is 0.0190. The Morgan fingerprint density at radius 1 is 0.960 bits per heavy atom. The second kappa shape index (κ2) is 6.08. The molecule has 132 valence electrons. The van der Waals surface area contributed by atoms with E-state index < -0.39 is 22.4 Å². The van der Waals surface area contributed by atoms with Crippen LogP contribution >= 0.6 is 0 Å². The Bertz CT molecular complexity index is 908. The zero-order valence-corrected chi connectivity index (χ0v) is 13.4. The highest BCUT2D eigenvalue weighted by molar-refractivity contribution is 7.89. The Balaban J connectivity index is 2.05. The van der Waals surface area contributed by atoms with E-state index in [2.05, 4.69) is 5.32 Å². The third-order valence-corrected chi connectivity index (χ3v) is 4.47. The maximum Gasteiger partial charge on any atom is 0.445 e. The van der Waals surface area contributed by atoms with Crippen molar-refractivity contribution in [3.05, 3.63) is 65.7 Å². The lowest BCUT2D eigenvalue weighted by molar-refractivity contribution is -0.202. The normalized spacial score (nSPS) is 18.0. The molecule has 0 amide bonds. The fourth-order valence-electron chi connectivity index (χ4n) is 2.38. The van der Waals surface area contributed by atoms with Crippen LogP contribution in [0.4, 0.5) is 13.2 Å². The maximum absolute atomic E-state index is 13.0. The molecule has 1 aliphatic heterocycles. The van der Waals surface area contributed by atoms with Gasteiger partial charge in [-0.25, -0.2) is 13.6 Å². The summed E-state index contributed by atoms with van der Waals surface area (Å²) in [4.78, 5) is -0.142. The predicted molar refractivity (Wildman–Crippen MR) is 85.1 cm³/mol. The monoisotopic (exact) mass is 370 g/mol. The smallest absolute Gasteiger partial charge is 0.445 e. The highest BCUT2D eigenvalue weighted by Gasteiger charge is 2.46. The molecule has 5 nitrogen and oxygen atoms in total. The summed E-state index contributed by atoms with van der Waals surface area (Å²) in [7, 11) is -3.90. The molecule has 0 aliphatic carbocycles. The number of ether oxygens (including phenoxy) is 1. The number of primary sulfonamides is 1. The van der Waals surface area contributed by atoms with Crippen molar-refractivity contribution in [2.75, 3.05) is 0 Å². The van der Waals surface area contributed by atoms with Crippen molar-refractivity contribution in [1.29, 1.82) is 0 Å². The summed E-state index contributed by atoms with van der Waals surface area (Å²) in [6.45, 7) is 0. The van der Waals surface area contributed by atoms with Gasteiger partial charge in [0.2, 0.25) is 10.0 Å². The van der Waals surface area contributed by atoms with Gasteiger partial charge in [-0.05, 0) is 24.3 Å². The third kappa shape index (κ3) is 3.62. The van der Waals surface area contributed by atoms with Gasteiger partial charge in [0.25, 0.3) is 6.23 Å². The summed E-state index contributed by atoms with van der Waals surface area (Å²) in [5.41, 5.74) is 0.983. The third-order valence-electron chi connectivity index (χ3n) is 3.54. The number of sulfonamides is 1. The Morgan fingerprint density at radius 2 is 1.56 bits per heavy atom. The molecular weight excluding hydrogens is 357 g/mol. The summed E-state index contributed by atoms with van der Waals surface area (Å²) in [5.74, 6) is -0.0190. The van der Waals surface area contributed by atoms with Crippen LogP contribution in [0.2, 0.25) is 0 Å². The van der Waals surface area contributed by atoms with E-state index >= 15 is 0 Å². The fourth-order valence-corrected chi connectivity index (χ4v) is 2.89. The van der Waals surface area contributed by atoms with E-state index in [0.717, 1.165) is 0 Å². The lowest BCUT2D eigenvalue weighted by atomic mass is 10.1. The van der Waals surface area contributed by atoms with E-state index in [-0.39, 0.29) is 16.4 Å². The first-order valence-electron chi connectivity index (χ1n) is 7.09. The van der Waals surface area contributed by atoms with Crippen LogP contribution in [0.5, 0.6) is 0 Å². The molecule has 1 heterocycles. The van der Waals surface area contributed by atoms with Gasteiger partial charge in [-0.1, -0.05) is 30.3 Å². The van der Waals surface area contributed by atoms with E-state index in [1.807, 2.05) is 0 Å². The van der Waals surface area contributed by atoms with Crippen LogP contribution in [-0.4, -0.2) is 20.8 Å². The van der Waals surface area contributed by atoms with Crippen LogP contribution in [-0.2, 0) is 14.8 Å². The molecule has 9 heteroatoms. The molecule has 1 atom stereocenters. The highest BCUT2D eigenvalue weighted by atomic mass is 32.2. The van der Waals surface area contributed by atoms with Gasteiger partial charge in [0, 0.05) is 11.1 Å². The number of alkyl halides is 3. The largest absolute Gasteiger partial charge is 0.458 e. The highest BCUT2D eigenvalue weighted by Crippen LogP contribution is 2.37. The molecule has 25 heavy (non-hydrogen) atoms. The van der Waals surface area contributed by atoms with Crippen molar-refractivity contribution >= 4 is 21.5 Å². The first-order valence-corrected chi connectivity index (χ1v) is 8.64. The van der Waals surface area contributed by atoms with Gasteiger partial charge in [-0.15, -0.1) is 0 Å². The second-order valence-electron chi connectivity index (χ2n) is 5.32. The van der Waals surface area contributed by atoms with Gasteiger partial charge < -0.3 is 10.1 Å². The summed E-state index contributed by atoms with van der Waals surface area (Å²) in [5, 5.41) is 7.36. The molecule has 0 saturated carbocycles. The van der Waals surface area contributed by atoms with Crippen molar-refractivity contribution in [3.8, 4) is 0 Å². The number of benzene rings is 2. The van der Waals surface area contributed by atoms with E-state index in [0.29, 0.717) is 11.1 Å². The molecule has 3 rings (SSSR count). The minimum atomic E-state index is -4.61. The second-order valence-corrected chi connectivity index (χ2v) is 6.88. The van der Waals surface area contributed by atoms with Crippen LogP contribution in [0.1, 0.15) is 11.1 Å². The zero-order chi connectivity index (χ0) is 18.2. The molecular formula is C16H13F3N2O3S. The topological polar surface area (TPSA) is 81.4 Å². The van der Waals surface area contributed by atoms with Crippen molar-refractivity contribution in [2.24, 2.45) is 5.14 Å². The average Bonchev–Trinajstić information content (AvgIpc) is 3.00. The van der Waals surface area contributed by atoms with Crippen LogP contribution in [0.25, 0.3) is 11.5 Å². The molecule has 0 fully saturated rings. The predicted octanol–water partition coefficient (Wildman–Crippen LogP) is 2.67. The van der Waals surface area contributed by atoms with Crippen molar-refractivity contribution in [2.45, 2.75) is 17.3 Å². The van der Waals surface area contributed by atoms with E-state index in [1.54, 1.807) is 30.3 Å². The van der Waals surface area contributed by atoms with E-state index in [9.17, 15) is 21.6 Å². The molecule has 1 unspecified atom stereocenters. The number of hydrogen-bond donors (Lipinski definition) is 2. The minimum Gasteiger partial charge on any atom is -0.458 e. The Kier molecular flexibility index (Phi) is 4.21. The van der Waals surface area contributed by atoms with Crippen molar-refractivity contribution < 1.29 is 26.3 Å². The fraction of sp³-hybridized carbons (Fsp3) is 0.125. The van der Waals surface area contributed by atoms with E-state index in [4.69, 9.17) is 9.88 Å². The number of rotatable bonds is 3. The lowest BCUT2D eigenvalue weighted by Crippen LogP contribution is -2.38. The van der Waals surface area contributed by atoms with Gasteiger partial charge in [0.15, 0.2) is 5.76 Å². The molecule has 0 saturated heterocycles. The lowest BCUT2D eigenvalue weighted by Gasteiger charge is -2.16. The van der Waals surface area contributed by atoms with Gasteiger partial charge >= 0.3 is 6.18 Å².